The molecule has 0 amide bonds. The summed E-state index contributed by atoms with van der Waals surface area (Å²) in [6.07, 6.45) is 4.51. The van der Waals surface area contributed by atoms with Crippen LogP contribution < -0.4 is 0 Å². The van der Waals surface area contributed by atoms with Crippen LogP contribution in [0.25, 0.3) is 0 Å². The van der Waals surface area contributed by atoms with Crippen LogP contribution in [-0.2, 0) is 23.7 Å². The van der Waals surface area contributed by atoms with E-state index in [0.717, 1.165) is 32.8 Å². The first-order valence-electron chi connectivity index (χ1n) is 8.83. The standard InChI is InChI=1S/C19H26F4O/c1-3-4-5-6-7-8-13-9-10-14-15(11-13)17(20)12-16(18(14)21)19(22,23)24-2/h12-13H,3-11H2,1-2H3. The molecule has 0 fully saturated rings. The van der Waals surface area contributed by atoms with Crippen molar-refractivity contribution in [2.75, 3.05) is 7.11 Å². The van der Waals surface area contributed by atoms with Crippen molar-refractivity contribution in [1.29, 1.82) is 0 Å². The Morgan fingerprint density at radius 3 is 2.50 bits per heavy atom. The smallest absolute Gasteiger partial charge is 0.320 e. The Kier molecular flexibility index (Phi) is 6.67. The van der Waals surface area contributed by atoms with Gasteiger partial charge in [0, 0.05) is 7.11 Å². The maximum absolute atomic E-state index is 14.4. The molecule has 1 aromatic carbocycles. The van der Waals surface area contributed by atoms with Gasteiger partial charge in [-0.25, -0.2) is 8.78 Å². The van der Waals surface area contributed by atoms with Gasteiger partial charge in [0.15, 0.2) is 0 Å². The number of rotatable bonds is 8. The molecule has 0 spiro atoms. The number of ether oxygens (including phenoxy) is 1. The van der Waals surface area contributed by atoms with Gasteiger partial charge in [-0.05, 0) is 42.4 Å². The fourth-order valence-corrected chi connectivity index (χ4v) is 3.54. The summed E-state index contributed by atoms with van der Waals surface area (Å²) in [5, 5.41) is 0. The Morgan fingerprint density at radius 1 is 1.12 bits per heavy atom. The third-order valence-corrected chi connectivity index (χ3v) is 5.01. The fraction of sp³-hybridized carbons (Fsp3) is 0.684. The molecular formula is C19H26F4O. The van der Waals surface area contributed by atoms with E-state index in [4.69, 9.17) is 0 Å². The van der Waals surface area contributed by atoms with Crippen LogP contribution in [0, 0.1) is 17.6 Å². The van der Waals surface area contributed by atoms with Crippen molar-refractivity contribution in [3.05, 3.63) is 34.4 Å². The van der Waals surface area contributed by atoms with Crippen LogP contribution in [0.4, 0.5) is 17.6 Å². The maximum atomic E-state index is 14.4. The summed E-state index contributed by atoms with van der Waals surface area (Å²) < 4.78 is 59.9. The summed E-state index contributed by atoms with van der Waals surface area (Å²) >= 11 is 0. The molecule has 1 aromatic rings. The van der Waals surface area contributed by atoms with Crippen molar-refractivity contribution in [2.45, 2.75) is 70.8 Å². The van der Waals surface area contributed by atoms with Crippen LogP contribution >= 0.6 is 0 Å². The van der Waals surface area contributed by atoms with Gasteiger partial charge >= 0.3 is 6.11 Å². The predicted molar refractivity (Wildman–Crippen MR) is 86.2 cm³/mol. The Morgan fingerprint density at radius 2 is 1.83 bits per heavy atom. The number of hydrogen-bond donors (Lipinski definition) is 0. The molecule has 0 saturated carbocycles. The van der Waals surface area contributed by atoms with E-state index < -0.39 is 23.3 Å². The zero-order valence-corrected chi connectivity index (χ0v) is 14.4. The average molecular weight is 346 g/mol. The van der Waals surface area contributed by atoms with Crippen LogP contribution in [0.15, 0.2) is 6.07 Å². The van der Waals surface area contributed by atoms with Crippen molar-refractivity contribution >= 4 is 0 Å². The SMILES string of the molecule is CCCCCCCC1CCc2c(F)c(C(F)(F)OC)cc(F)c2C1. The van der Waals surface area contributed by atoms with Gasteiger partial charge in [0.05, 0.1) is 5.56 Å². The van der Waals surface area contributed by atoms with Gasteiger partial charge in [-0.2, -0.15) is 8.78 Å². The first-order valence-corrected chi connectivity index (χ1v) is 8.83. The summed E-state index contributed by atoms with van der Waals surface area (Å²) in [6, 6.07) is 0.599. The largest absolute Gasteiger partial charge is 0.386 e. The molecule has 5 heteroatoms. The predicted octanol–water partition coefficient (Wildman–Crippen LogP) is 6.13. The van der Waals surface area contributed by atoms with Crippen LogP contribution in [0.5, 0.6) is 0 Å². The number of benzene rings is 1. The zero-order chi connectivity index (χ0) is 17.7. The summed E-state index contributed by atoms with van der Waals surface area (Å²) in [7, 11) is 0.783. The van der Waals surface area contributed by atoms with Gasteiger partial charge in [-0.15, -0.1) is 0 Å². The van der Waals surface area contributed by atoms with Gasteiger partial charge in [0.2, 0.25) is 0 Å². The van der Waals surface area contributed by atoms with Crippen molar-refractivity contribution in [3.8, 4) is 0 Å². The Hall–Kier alpha value is -1.10. The van der Waals surface area contributed by atoms with Gasteiger partial charge in [-0.1, -0.05) is 45.4 Å². The Bertz CT molecular complexity index is 557. The monoisotopic (exact) mass is 346 g/mol. The lowest BCUT2D eigenvalue weighted by molar-refractivity contribution is -0.233. The van der Waals surface area contributed by atoms with Gasteiger partial charge in [0.25, 0.3) is 0 Å². The molecule has 1 aliphatic rings. The van der Waals surface area contributed by atoms with E-state index in [9.17, 15) is 17.6 Å². The number of hydrogen-bond acceptors (Lipinski definition) is 1. The second kappa shape index (κ2) is 8.32. The molecular weight excluding hydrogens is 320 g/mol. The number of alkyl halides is 2. The lowest BCUT2D eigenvalue weighted by Gasteiger charge is -2.27. The Labute approximate surface area is 141 Å². The molecule has 1 aliphatic carbocycles. The summed E-state index contributed by atoms with van der Waals surface area (Å²) in [6.45, 7) is 2.16. The highest BCUT2D eigenvalue weighted by Crippen LogP contribution is 2.38. The molecule has 1 atom stereocenters. The molecule has 24 heavy (non-hydrogen) atoms. The minimum atomic E-state index is -3.81. The minimum absolute atomic E-state index is 0.101. The van der Waals surface area contributed by atoms with Crippen molar-refractivity contribution in [3.63, 3.8) is 0 Å². The van der Waals surface area contributed by atoms with E-state index in [2.05, 4.69) is 11.7 Å². The van der Waals surface area contributed by atoms with E-state index in [1.165, 1.54) is 19.3 Å². The van der Waals surface area contributed by atoms with Gasteiger partial charge in [0.1, 0.15) is 11.6 Å². The quantitative estimate of drug-likeness (QED) is 0.407. The van der Waals surface area contributed by atoms with E-state index in [1.807, 2.05) is 0 Å². The second-order valence-corrected chi connectivity index (χ2v) is 6.71. The molecule has 0 aliphatic heterocycles. The van der Waals surface area contributed by atoms with Crippen molar-refractivity contribution in [1.82, 2.24) is 0 Å². The number of unbranched alkanes of at least 4 members (excludes halogenated alkanes) is 4. The second-order valence-electron chi connectivity index (χ2n) is 6.71. The van der Waals surface area contributed by atoms with Gasteiger partial charge in [-0.3, -0.25) is 0 Å². The lowest BCUT2D eigenvalue weighted by Crippen LogP contribution is -2.23. The van der Waals surface area contributed by atoms with Crippen LogP contribution in [0.2, 0.25) is 0 Å². The first kappa shape index (κ1) is 19.2. The zero-order valence-electron chi connectivity index (χ0n) is 14.4. The molecule has 0 heterocycles. The van der Waals surface area contributed by atoms with Crippen molar-refractivity contribution in [2.24, 2.45) is 5.92 Å². The average Bonchev–Trinajstić information content (AvgIpc) is 2.57. The van der Waals surface area contributed by atoms with E-state index in [-0.39, 0.29) is 11.1 Å². The Balaban J connectivity index is 2.08. The molecule has 2 rings (SSSR count). The van der Waals surface area contributed by atoms with E-state index in [1.54, 1.807) is 0 Å². The van der Waals surface area contributed by atoms with E-state index >= 15 is 0 Å². The highest BCUT2D eigenvalue weighted by atomic mass is 19.3. The maximum Gasteiger partial charge on any atom is 0.386 e. The number of methoxy groups -OCH3 is 1. The van der Waals surface area contributed by atoms with Crippen LogP contribution in [-0.4, -0.2) is 7.11 Å². The third-order valence-electron chi connectivity index (χ3n) is 5.01. The highest BCUT2D eigenvalue weighted by Gasteiger charge is 2.38. The molecule has 0 radical (unpaired) electrons. The molecule has 136 valence electrons. The summed E-state index contributed by atoms with van der Waals surface area (Å²) in [5.74, 6) is -1.45. The topological polar surface area (TPSA) is 9.23 Å². The van der Waals surface area contributed by atoms with Crippen LogP contribution in [0.1, 0.15) is 68.6 Å². The molecule has 0 saturated heterocycles. The highest BCUT2D eigenvalue weighted by molar-refractivity contribution is 5.38. The number of halogens is 4. The molecule has 1 unspecified atom stereocenters. The summed E-state index contributed by atoms with van der Waals surface area (Å²) in [5.41, 5.74) is -0.629. The van der Waals surface area contributed by atoms with Crippen LogP contribution in [0.3, 0.4) is 0 Å². The first-order chi connectivity index (χ1) is 11.4. The lowest BCUT2D eigenvalue weighted by atomic mass is 9.80. The molecule has 1 nitrogen and oxygen atoms in total. The number of fused-ring (bicyclic) bond motifs is 1. The molecule has 0 aromatic heterocycles. The van der Waals surface area contributed by atoms with Gasteiger partial charge < -0.3 is 4.74 Å². The third kappa shape index (κ3) is 4.29. The fourth-order valence-electron chi connectivity index (χ4n) is 3.54. The normalized spacial score (nSPS) is 17.8. The minimum Gasteiger partial charge on any atom is -0.320 e. The molecule has 0 N–H and O–H groups in total. The van der Waals surface area contributed by atoms with E-state index in [0.29, 0.717) is 24.8 Å². The molecule has 0 bridgehead atoms. The van der Waals surface area contributed by atoms with Crippen molar-refractivity contribution < 1.29 is 22.3 Å². The summed E-state index contributed by atoms with van der Waals surface area (Å²) in [4.78, 5) is 0.